The lowest BCUT2D eigenvalue weighted by molar-refractivity contribution is 0.518. The van der Waals surface area contributed by atoms with Gasteiger partial charge in [-0.3, -0.25) is 0 Å². The standard InChI is InChI=1S/C13H13ClN2O3S3/c1-21-13(20)9-5-12(22(15,17)18)10(14)6-11(9)16-7-8-3-2-4-19-8/h2-6,16H,7H2,1H3,(H2,15,17,18). The number of thioether (sulfide) groups is 1. The zero-order valence-electron chi connectivity index (χ0n) is 11.5. The molecular weight excluding hydrogens is 364 g/mol. The van der Waals surface area contributed by atoms with Gasteiger partial charge in [-0.05, 0) is 30.5 Å². The molecule has 2 aromatic rings. The van der Waals surface area contributed by atoms with Crippen LogP contribution < -0.4 is 10.5 Å². The first-order chi connectivity index (χ1) is 10.3. The van der Waals surface area contributed by atoms with Crippen molar-refractivity contribution in [3.05, 3.63) is 46.9 Å². The summed E-state index contributed by atoms with van der Waals surface area (Å²) in [5.74, 6) is 0.729. The third-order valence-electron chi connectivity index (χ3n) is 2.82. The largest absolute Gasteiger partial charge is 0.467 e. The Hall–Kier alpha value is -1.06. The summed E-state index contributed by atoms with van der Waals surface area (Å²) in [7, 11) is -3.92. The van der Waals surface area contributed by atoms with Crippen molar-refractivity contribution >= 4 is 55.5 Å². The maximum Gasteiger partial charge on any atom is 0.239 e. The van der Waals surface area contributed by atoms with E-state index in [1.165, 1.54) is 23.9 Å². The molecule has 1 aromatic carbocycles. The summed E-state index contributed by atoms with van der Waals surface area (Å²) in [5.41, 5.74) is 1.18. The van der Waals surface area contributed by atoms with Gasteiger partial charge in [0, 0.05) is 11.3 Å². The first-order valence-electron chi connectivity index (χ1n) is 6.04. The number of benzene rings is 1. The van der Waals surface area contributed by atoms with Gasteiger partial charge in [-0.15, -0.1) is 11.8 Å². The average Bonchev–Trinajstić information content (AvgIpc) is 2.96. The van der Waals surface area contributed by atoms with Gasteiger partial charge < -0.3 is 9.73 Å². The molecule has 22 heavy (non-hydrogen) atoms. The van der Waals surface area contributed by atoms with E-state index in [-0.39, 0.29) is 9.92 Å². The third kappa shape index (κ3) is 4.02. The van der Waals surface area contributed by atoms with Gasteiger partial charge in [-0.25, -0.2) is 13.6 Å². The second kappa shape index (κ2) is 7.01. The van der Waals surface area contributed by atoms with Crippen molar-refractivity contribution in [2.45, 2.75) is 11.4 Å². The molecule has 3 N–H and O–H groups in total. The summed E-state index contributed by atoms with van der Waals surface area (Å²) in [6, 6.07) is 6.49. The molecule has 5 nitrogen and oxygen atoms in total. The molecule has 0 radical (unpaired) electrons. The predicted molar refractivity (Wildman–Crippen MR) is 94.1 cm³/mol. The third-order valence-corrected chi connectivity index (χ3v) is 5.50. The van der Waals surface area contributed by atoms with E-state index in [4.69, 9.17) is 33.4 Å². The highest BCUT2D eigenvalue weighted by atomic mass is 35.5. The van der Waals surface area contributed by atoms with E-state index in [1.807, 2.05) is 12.3 Å². The van der Waals surface area contributed by atoms with Crippen LogP contribution in [0.3, 0.4) is 0 Å². The number of primary sulfonamides is 1. The van der Waals surface area contributed by atoms with Gasteiger partial charge >= 0.3 is 0 Å². The average molecular weight is 377 g/mol. The van der Waals surface area contributed by atoms with Crippen LogP contribution in [0.1, 0.15) is 11.3 Å². The number of furan rings is 1. The molecule has 0 fully saturated rings. The zero-order valence-corrected chi connectivity index (χ0v) is 14.7. The Kier molecular flexibility index (Phi) is 5.51. The maximum atomic E-state index is 11.6. The van der Waals surface area contributed by atoms with E-state index in [1.54, 1.807) is 12.3 Å². The van der Waals surface area contributed by atoms with Crippen LogP contribution in [0.4, 0.5) is 5.69 Å². The highest BCUT2D eigenvalue weighted by Gasteiger charge is 2.18. The first-order valence-corrected chi connectivity index (χ1v) is 9.59. The molecule has 0 saturated heterocycles. The summed E-state index contributed by atoms with van der Waals surface area (Å²) in [4.78, 5) is -0.149. The highest BCUT2D eigenvalue weighted by Crippen LogP contribution is 2.31. The van der Waals surface area contributed by atoms with Gasteiger partial charge in [0.25, 0.3) is 0 Å². The quantitative estimate of drug-likeness (QED) is 0.779. The Morgan fingerprint density at radius 1 is 1.50 bits per heavy atom. The molecule has 9 heteroatoms. The monoisotopic (exact) mass is 376 g/mol. The van der Waals surface area contributed by atoms with Crippen LogP contribution in [0.2, 0.25) is 5.02 Å². The lowest BCUT2D eigenvalue weighted by Crippen LogP contribution is -2.14. The van der Waals surface area contributed by atoms with Gasteiger partial charge in [0.2, 0.25) is 10.0 Å². The van der Waals surface area contributed by atoms with E-state index in [0.717, 1.165) is 5.76 Å². The van der Waals surface area contributed by atoms with E-state index in [0.29, 0.717) is 22.0 Å². The van der Waals surface area contributed by atoms with Gasteiger partial charge in [-0.2, -0.15) is 0 Å². The molecule has 0 aliphatic carbocycles. The summed E-state index contributed by atoms with van der Waals surface area (Å²) in [5, 5.41) is 8.35. The number of hydrogen-bond acceptors (Lipinski definition) is 6. The summed E-state index contributed by atoms with van der Waals surface area (Å²) < 4.78 is 28.9. The van der Waals surface area contributed by atoms with Gasteiger partial charge in [0.05, 0.1) is 22.0 Å². The van der Waals surface area contributed by atoms with Gasteiger partial charge in [0.15, 0.2) is 0 Å². The number of hydrogen-bond donors (Lipinski definition) is 2. The summed E-state index contributed by atoms with van der Waals surface area (Å²) in [6.45, 7) is 0.419. The SMILES string of the molecule is CSC(=S)c1cc(S(N)(=O)=O)c(Cl)cc1NCc1ccco1. The molecule has 0 amide bonds. The van der Waals surface area contributed by atoms with E-state index >= 15 is 0 Å². The van der Waals surface area contributed by atoms with Crippen molar-refractivity contribution in [1.29, 1.82) is 0 Å². The molecule has 0 aliphatic rings. The Bertz CT molecular complexity index is 789. The number of nitrogens with two attached hydrogens (primary N) is 1. The molecule has 0 atom stereocenters. The van der Waals surface area contributed by atoms with Crippen LogP contribution in [0.15, 0.2) is 39.8 Å². The Morgan fingerprint density at radius 3 is 2.77 bits per heavy atom. The van der Waals surface area contributed by atoms with Crippen molar-refractivity contribution in [3.8, 4) is 0 Å². The minimum absolute atomic E-state index is 0.0390. The number of anilines is 1. The van der Waals surface area contributed by atoms with E-state index < -0.39 is 10.0 Å². The Labute approximate surface area is 143 Å². The number of nitrogens with one attached hydrogen (secondary N) is 1. The zero-order chi connectivity index (χ0) is 16.3. The normalized spacial score (nSPS) is 11.4. The molecule has 0 saturated carbocycles. The van der Waals surface area contributed by atoms with Gasteiger partial charge in [0.1, 0.15) is 10.7 Å². The van der Waals surface area contributed by atoms with Crippen LogP contribution in [-0.4, -0.2) is 18.9 Å². The molecular formula is C13H13ClN2O3S3. The maximum absolute atomic E-state index is 11.6. The molecule has 0 bridgehead atoms. The van der Waals surface area contributed by atoms with Crippen LogP contribution >= 0.6 is 35.6 Å². The van der Waals surface area contributed by atoms with Crippen LogP contribution in [0, 0.1) is 0 Å². The molecule has 0 aliphatic heterocycles. The number of sulfonamides is 1. The molecule has 2 rings (SSSR count). The topological polar surface area (TPSA) is 85.3 Å². The van der Waals surface area contributed by atoms with E-state index in [2.05, 4.69) is 5.32 Å². The molecule has 118 valence electrons. The van der Waals surface area contributed by atoms with Gasteiger partial charge in [-0.1, -0.05) is 23.8 Å². The van der Waals surface area contributed by atoms with Crippen molar-refractivity contribution in [3.63, 3.8) is 0 Å². The highest BCUT2D eigenvalue weighted by molar-refractivity contribution is 8.23. The summed E-state index contributed by atoms with van der Waals surface area (Å²) >= 11 is 12.6. The fourth-order valence-electron chi connectivity index (χ4n) is 1.79. The smallest absolute Gasteiger partial charge is 0.239 e. The summed E-state index contributed by atoms with van der Waals surface area (Å²) in [6.07, 6.45) is 3.38. The fraction of sp³-hybridized carbons (Fsp3) is 0.154. The lowest BCUT2D eigenvalue weighted by Gasteiger charge is -2.14. The van der Waals surface area contributed by atoms with Crippen molar-refractivity contribution in [2.24, 2.45) is 5.14 Å². The van der Waals surface area contributed by atoms with Crippen LogP contribution in [-0.2, 0) is 16.6 Å². The Morgan fingerprint density at radius 2 is 2.23 bits per heavy atom. The minimum Gasteiger partial charge on any atom is -0.467 e. The Balaban J connectivity index is 2.43. The molecule has 1 heterocycles. The molecule has 0 unspecified atom stereocenters. The number of rotatable bonds is 5. The second-order valence-corrected chi connectivity index (χ2v) is 7.72. The molecule has 1 aromatic heterocycles. The van der Waals surface area contributed by atoms with E-state index in [9.17, 15) is 8.42 Å². The van der Waals surface area contributed by atoms with Crippen LogP contribution in [0.5, 0.6) is 0 Å². The second-order valence-electron chi connectivity index (χ2n) is 4.30. The fourth-order valence-corrected chi connectivity index (χ4v) is 3.45. The number of thiocarbonyl (C=S) groups is 1. The van der Waals surface area contributed by atoms with Crippen molar-refractivity contribution in [1.82, 2.24) is 0 Å². The first kappa shape index (κ1) is 17.3. The van der Waals surface area contributed by atoms with Crippen molar-refractivity contribution < 1.29 is 12.8 Å². The predicted octanol–water partition coefficient (Wildman–Crippen LogP) is 3.23. The lowest BCUT2D eigenvalue weighted by atomic mass is 10.2. The minimum atomic E-state index is -3.92. The molecule has 0 spiro atoms. The number of halogens is 1. The van der Waals surface area contributed by atoms with Crippen molar-refractivity contribution in [2.75, 3.05) is 11.6 Å². The van der Waals surface area contributed by atoms with Crippen LogP contribution in [0.25, 0.3) is 0 Å².